The van der Waals surface area contributed by atoms with Crippen molar-refractivity contribution in [1.29, 1.82) is 0 Å². The van der Waals surface area contributed by atoms with Crippen LogP contribution in [0.5, 0.6) is 0 Å². The molecule has 3 rings (SSSR count). The smallest absolute Gasteiger partial charge is 0.191 e. The van der Waals surface area contributed by atoms with Gasteiger partial charge in [0.25, 0.3) is 0 Å². The number of nitrogens with one attached hydrogen (secondary N) is 2. The number of hydrogen-bond acceptors (Lipinski definition) is 3. The lowest BCUT2D eigenvalue weighted by Gasteiger charge is -2.33. The molecule has 1 unspecified atom stereocenters. The summed E-state index contributed by atoms with van der Waals surface area (Å²) in [6.45, 7) is 1.77. The molecule has 1 aromatic rings. The average Bonchev–Trinajstić information content (AvgIpc) is 2.59. The SMILES string of the molecule is CN=C(NCC1(O)CCOCC1)NC1CCc2ccccc2C1.I. The molecule has 5 nitrogen and oxygen atoms in total. The minimum absolute atomic E-state index is 0. The number of aryl methyl sites for hydroxylation is 1. The van der Waals surface area contributed by atoms with Crippen LogP contribution in [0.2, 0.25) is 0 Å². The Balaban J connectivity index is 0.00000208. The number of benzene rings is 1. The van der Waals surface area contributed by atoms with Crippen molar-refractivity contribution in [3.63, 3.8) is 0 Å². The van der Waals surface area contributed by atoms with Crippen molar-refractivity contribution < 1.29 is 9.84 Å². The van der Waals surface area contributed by atoms with Gasteiger partial charge in [-0.25, -0.2) is 0 Å². The summed E-state index contributed by atoms with van der Waals surface area (Å²) in [5, 5.41) is 17.3. The third-order valence-electron chi connectivity index (χ3n) is 4.92. The normalized spacial score (nSPS) is 22.9. The van der Waals surface area contributed by atoms with Crippen LogP contribution in [0.25, 0.3) is 0 Å². The summed E-state index contributed by atoms with van der Waals surface area (Å²) >= 11 is 0. The Kier molecular flexibility index (Phi) is 7.31. The second-order valence-electron chi connectivity index (χ2n) is 6.62. The number of aliphatic imine (C=N–C) groups is 1. The van der Waals surface area contributed by atoms with E-state index in [1.807, 2.05) is 0 Å². The maximum absolute atomic E-state index is 10.5. The Morgan fingerprint density at radius 3 is 2.71 bits per heavy atom. The van der Waals surface area contributed by atoms with E-state index in [0.29, 0.717) is 38.6 Å². The van der Waals surface area contributed by atoms with E-state index in [0.717, 1.165) is 25.2 Å². The molecule has 1 saturated heterocycles. The predicted octanol–water partition coefficient (Wildman–Crippen LogP) is 1.87. The van der Waals surface area contributed by atoms with Gasteiger partial charge in [0.1, 0.15) is 0 Å². The molecule has 0 bridgehead atoms. The van der Waals surface area contributed by atoms with Gasteiger partial charge in [0, 0.05) is 45.7 Å². The van der Waals surface area contributed by atoms with E-state index in [4.69, 9.17) is 4.74 Å². The topological polar surface area (TPSA) is 65.9 Å². The molecule has 2 aliphatic rings. The molecule has 0 saturated carbocycles. The first-order valence-corrected chi connectivity index (χ1v) is 8.53. The van der Waals surface area contributed by atoms with Crippen LogP contribution < -0.4 is 10.6 Å². The molecule has 1 aliphatic heterocycles. The number of nitrogens with zero attached hydrogens (tertiary/aromatic N) is 1. The maximum atomic E-state index is 10.5. The van der Waals surface area contributed by atoms with Gasteiger partial charge in [-0.05, 0) is 30.4 Å². The monoisotopic (exact) mass is 445 g/mol. The van der Waals surface area contributed by atoms with Crippen LogP contribution in [0.15, 0.2) is 29.3 Å². The fourth-order valence-corrected chi connectivity index (χ4v) is 3.39. The van der Waals surface area contributed by atoms with Gasteiger partial charge in [-0.3, -0.25) is 4.99 Å². The van der Waals surface area contributed by atoms with E-state index in [1.54, 1.807) is 7.05 Å². The molecule has 1 aliphatic carbocycles. The number of rotatable bonds is 3. The highest BCUT2D eigenvalue weighted by Crippen LogP contribution is 2.21. The standard InChI is InChI=1S/C18H27N3O2.HI/c1-19-17(20-13-18(22)8-10-23-11-9-18)21-16-7-6-14-4-2-3-5-15(14)12-16;/h2-5,16,22H,6-13H2,1H3,(H2,19,20,21);1H. The predicted molar refractivity (Wildman–Crippen MR) is 107 cm³/mol. The van der Waals surface area contributed by atoms with E-state index in [9.17, 15) is 5.11 Å². The van der Waals surface area contributed by atoms with Crippen molar-refractivity contribution in [2.75, 3.05) is 26.8 Å². The Bertz CT molecular complexity index is 559. The fourth-order valence-electron chi connectivity index (χ4n) is 3.39. The molecule has 0 amide bonds. The molecule has 1 aromatic carbocycles. The summed E-state index contributed by atoms with van der Waals surface area (Å²) in [6.07, 6.45) is 4.58. The van der Waals surface area contributed by atoms with Gasteiger partial charge in [0.15, 0.2) is 5.96 Å². The summed E-state index contributed by atoms with van der Waals surface area (Å²) < 4.78 is 5.32. The van der Waals surface area contributed by atoms with Crippen LogP contribution in [0.4, 0.5) is 0 Å². The molecule has 3 N–H and O–H groups in total. The number of hydrogen-bond donors (Lipinski definition) is 3. The molecule has 0 spiro atoms. The van der Waals surface area contributed by atoms with E-state index in [2.05, 4.69) is 39.9 Å². The van der Waals surface area contributed by atoms with Crippen LogP contribution in [0, 0.1) is 0 Å². The number of halogens is 1. The molecule has 1 heterocycles. The first kappa shape index (κ1) is 19.5. The molecule has 1 fully saturated rings. The Labute approximate surface area is 161 Å². The lowest BCUT2D eigenvalue weighted by atomic mass is 9.88. The highest BCUT2D eigenvalue weighted by atomic mass is 127. The lowest BCUT2D eigenvalue weighted by Crippen LogP contribution is -2.52. The second-order valence-corrected chi connectivity index (χ2v) is 6.62. The number of fused-ring (bicyclic) bond motifs is 1. The van der Waals surface area contributed by atoms with Crippen LogP contribution in [0.3, 0.4) is 0 Å². The summed E-state index contributed by atoms with van der Waals surface area (Å²) in [5.74, 6) is 0.772. The van der Waals surface area contributed by atoms with Crippen molar-refractivity contribution in [3.05, 3.63) is 35.4 Å². The summed E-state index contributed by atoms with van der Waals surface area (Å²) in [5.41, 5.74) is 2.20. The number of ether oxygens (including phenoxy) is 1. The van der Waals surface area contributed by atoms with Gasteiger partial charge >= 0.3 is 0 Å². The first-order valence-electron chi connectivity index (χ1n) is 8.53. The van der Waals surface area contributed by atoms with Crippen molar-refractivity contribution in [2.45, 2.75) is 43.7 Å². The third kappa shape index (κ3) is 5.07. The van der Waals surface area contributed by atoms with Gasteiger partial charge in [0.2, 0.25) is 0 Å². The summed E-state index contributed by atoms with van der Waals surface area (Å²) in [4.78, 5) is 4.31. The van der Waals surface area contributed by atoms with Gasteiger partial charge in [0.05, 0.1) is 5.60 Å². The Hall–Kier alpha value is -0.860. The van der Waals surface area contributed by atoms with Crippen molar-refractivity contribution in [1.82, 2.24) is 10.6 Å². The third-order valence-corrected chi connectivity index (χ3v) is 4.92. The second kappa shape index (κ2) is 9.01. The highest BCUT2D eigenvalue weighted by molar-refractivity contribution is 14.0. The van der Waals surface area contributed by atoms with Gasteiger partial charge in [-0.1, -0.05) is 24.3 Å². The Morgan fingerprint density at radius 2 is 2.00 bits per heavy atom. The number of aliphatic hydroxyl groups is 1. The molecular formula is C18H28IN3O2. The van der Waals surface area contributed by atoms with Crippen LogP contribution in [-0.2, 0) is 17.6 Å². The molecule has 6 heteroatoms. The van der Waals surface area contributed by atoms with Gasteiger partial charge < -0.3 is 20.5 Å². The molecule has 24 heavy (non-hydrogen) atoms. The molecule has 0 aromatic heterocycles. The minimum atomic E-state index is -0.685. The molecule has 1 atom stereocenters. The van der Waals surface area contributed by atoms with Crippen molar-refractivity contribution in [2.24, 2.45) is 4.99 Å². The first-order chi connectivity index (χ1) is 11.2. The molecular weight excluding hydrogens is 417 g/mol. The van der Waals surface area contributed by atoms with E-state index in [1.165, 1.54) is 11.1 Å². The van der Waals surface area contributed by atoms with Crippen molar-refractivity contribution >= 4 is 29.9 Å². The minimum Gasteiger partial charge on any atom is -0.388 e. The summed E-state index contributed by atoms with van der Waals surface area (Å²) in [6, 6.07) is 9.04. The van der Waals surface area contributed by atoms with Crippen molar-refractivity contribution in [3.8, 4) is 0 Å². The van der Waals surface area contributed by atoms with E-state index < -0.39 is 5.60 Å². The maximum Gasteiger partial charge on any atom is 0.191 e. The number of guanidine groups is 1. The average molecular weight is 445 g/mol. The van der Waals surface area contributed by atoms with E-state index >= 15 is 0 Å². The summed E-state index contributed by atoms with van der Waals surface area (Å²) in [7, 11) is 1.78. The fraction of sp³-hybridized carbons (Fsp3) is 0.611. The van der Waals surface area contributed by atoms with Crippen LogP contribution >= 0.6 is 24.0 Å². The molecule has 134 valence electrons. The highest BCUT2D eigenvalue weighted by Gasteiger charge is 2.30. The quantitative estimate of drug-likeness (QED) is 0.378. The zero-order chi connectivity index (χ0) is 16.1. The molecule has 0 radical (unpaired) electrons. The van der Waals surface area contributed by atoms with Gasteiger partial charge in [-0.15, -0.1) is 24.0 Å². The van der Waals surface area contributed by atoms with Gasteiger partial charge in [-0.2, -0.15) is 0 Å². The Morgan fingerprint density at radius 1 is 1.29 bits per heavy atom. The largest absolute Gasteiger partial charge is 0.388 e. The van der Waals surface area contributed by atoms with E-state index in [-0.39, 0.29) is 24.0 Å². The van der Waals surface area contributed by atoms with Crippen LogP contribution in [-0.4, -0.2) is 49.5 Å². The van der Waals surface area contributed by atoms with Crippen LogP contribution in [0.1, 0.15) is 30.4 Å². The zero-order valence-electron chi connectivity index (χ0n) is 14.3. The zero-order valence-corrected chi connectivity index (χ0v) is 16.6. The lowest BCUT2D eigenvalue weighted by molar-refractivity contribution is -0.0594.